The van der Waals surface area contributed by atoms with Crippen LogP contribution in [0, 0.1) is 0 Å². The highest BCUT2D eigenvalue weighted by molar-refractivity contribution is 7.85. The number of hydrogen-bond acceptors (Lipinski definition) is 5. The third-order valence-corrected chi connectivity index (χ3v) is 6.77. The molecule has 0 radical (unpaired) electrons. The molecule has 1 amide bonds. The maximum atomic E-state index is 12.3. The zero-order chi connectivity index (χ0) is 26.4. The molecule has 0 aromatic heterocycles. The minimum absolute atomic E-state index is 0.274. The molecule has 8 heteroatoms. The van der Waals surface area contributed by atoms with Crippen molar-refractivity contribution in [2.45, 2.75) is 135 Å². The van der Waals surface area contributed by atoms with Crippen molar-refractivity contribution in [3.8, 4) is 0 Å². The normalized spacial score (nSPS) is 15.0. The Morgan fingerprint density at radius 2 is 1.29 bits per heavy atom. The summed E-state index contributed by atoms with van der Waals surface area (Å²) in [4.78, 5) is 12.3. The number of rotatable bonds is 23. The number of amides is 1. The van der Waals surface area contributed by atoms with Crippen LogP contribution in [-0.2, 0) is 14.9 Å². The molecule has 0 aliphatic carbocycles. The van der Waals surface area contributed by atoms with Gasteiger partial charge in [0.1, 0.15) is 6.10 Å². The first-order chi connectivity index (χ1) is 16.7. The molecule has 7 nitrogen and oxygen atoms in total. The number of aliphatic hydroxyl groups is 2. The first-order valence-electron chi connectivity index (χ1n) is 13.6. The van der Waals surface area contributed by atoms with Crippen LogP contribution in [0.5, 0.6) is 0 Å². The predicted molar refractivity (Wildman–Crippen MR) is 144 cm³/mol. The maximum absolute atomic E-state index is 12.3. The van der Waals surface area contributed by atoms with Crippen LogP contribution >= 0.6 is 0 Å². The van der Waals surface area contributed by atoms with Crippen LogP contribution in [0.25, 0.3) is 0 Å². The summed E-state index contributed by atoms with van der Waals surface area (Å²) in [6.07, 6.45) is 21.2. The van der Waals surface area contributed by atoms with Crippen molar-refractivity contribution in [1.29, 1.82) is 0 Å². The molecule has 0 heterocycles. The molecule has 3 atom stereocenters. The molecule has 0 aliphatic rings. The van der Waals surface area contributed by atoms with Crippen LogP contribution in [0.2, 0.25) is 0 Å². The quantitative estimate of drug-likeness (QED) is 0.0809. The highest BCUT2D eigenvalue weighted by Crippen LogP contribution is 2.11. The second kappa shape index (κ2) is 22.0. The summed E-state index contributed by atoms with van der Waals surface area (Å²) in [5, 5.41) is 22.9. The molecule has 0 aromatic carbocycles. The Hall–Kier alpha value is -1.22. The van der Waals surface area contributed by atoms with Gasteiger partial charge < -0.3 is 15.5 Å². The topological polar surface area (TPSA) is 124 Å². The maximum Gasteiger partial charge on any atom is 0.267 e. The van der Waals surface area contributed by atoms with Gasteiger partial charge in [0.25, 0.3) is 10.1 Å². The Morgan fingerprint density at radius 1 is 0.771 bits per heavy atom. The Labute approximate surface area is 214 Å². The molecular weight excluding hydrogens is 466 g/mol. The summed E-state index contributed by atoms with van der Waals surface area (Å²) in [5.74, 6) is -1.56. The van der Waals surface area contributed by atoms with E-state index in [9.17, 15) is 28.0 Å². The summed E-state index contributed by atoms with van der Waals surface area (Å²) in [7, 11) is -4.43. The van der Waals surface area contributed by atoms with Crippen molar-refractivity contribution in [1.82, 2.24) is 5.32 Å². The molecule has 0 bridgehead atoms. The lowest BCUT2D eigenvalue weighted by atomic mass is 10.0. The van der Waals surface area contributed by atoms with Crippen LogP contribution < -0.4 is 5.32 Å². The average molecular weight is 518 g/mol. The van der Waals surface area contributed by atoms with Gasteiger partial charge in [-0.2, -0.15) is 8.42 Å². The number of aliphatic hydroxyl groups excluding tert-OH is 2. The highest BCUT2D eigenvalue weighted by Gasteiger charge is 2.27. The van der Waals surface area contributed by atoms with Crippen molar-refractivity contribution in [3.05, 3.63) is 24.3 Å². The average Bonchev–Trinajstić information content (AvgIpc) is 2.80. The molecule has 0 saturated carbocycles. The fraction of sp³-hybridized carbons (Fsp3) is 0.815. The molecule has 0 aromatic rings. The van der Waals surface area contributed by atoms with E-state index in [2.05, 4.69) is 31.3 Å². The zero-order valence-electron chi connectivity index (χ0n) is 22.0. The van der Waals surface area contributed by atoms with Crippen LogP contribution in [0.4, 0.5) is 0 Å². The van der Waals surface area contributed by atoms with Crippen molar-refractivity contribution in [2.24, 2.45) is 0 Å². The lowest BCUT2D eigenvalue weighted by molar-refractivity contribution is -0.130. The Morgan fingerprint density at radius 3 is 1.89 bits per heavy atom. The fourth-order valence-electron chi connectivity index (χ4n) is 3.82. The van der Waals surface area contributed by atoms with E-state index >= 15 is 0 Å². The van der Waals surface area contributed by atoms with Gasteiger partial charge in [0, 0.05) is 0 Å². The minimum Gasteiger partial charge on any atom is -0.387 e. The molecular formula is C27H51NO6S. The van der Waals surface area contributed by atoms with Gasteiger partial charge in [0.2, 0.25) is 5.91 Å². The second-order valence-corrected chi connectivity index (χ2v) is 11.0. The van der Waals surface area contributed by atoms with Gasteiger partial charge in [-0.25, -0.2) is 0 Å². The van der Waals surface area contributed by atoms with Crippen molar-refractivity contribution < 1.29 is 28.0 Å². The Kier molecular flexibility index (Phi) is 21.2. The summed E-state index contributed by atoms with van der Waals surface area (Å²) in [6, 6.07) is -1.24. The smallest absolute Gasteiger partial charge is 0.267 e. The number of hydrogen-bond donors (Lipinski definition) is 4. The number of carbonyl (C=O) groups is 1. The summed E-state index contributed by atoms with van der Waals surface area (Å²) in [6.45, 7) is 4.36. The second-order valence-electron chi connectivity index (χ2n) is 9.46. The van der Waals surface area contributed by atoms with E-state index in [-0.39, 0.29) is 6.42 Å². The monoisotopic (exact) mass is 517 g/mol. The molecule has 4 N–H and O–H groups in total. The molecule has 0 rings (SSSR count). The van der Waals surface area contributed by atoms with Gasteiger partial charge >= 0.3 is 0 Å². The lowest BCUT2D eigenvalue weighted by Crippen LogP contribution is -2.50. The van der Waals surface area contributed by atoms with E-state index in [4.69, 9.17) is 0 Å². The van der Waals surface area contributed by atoms with Crippen LogP contribution in [0.1, 0.15) is 117 Å². The van der Waals surface area contributed by atoms with E-state index in [1.807, 2.05) is 0 Å². The summed E-state index contributed by atoms with van der Waals surface area (Å²) in [5.41, 5.74) is 0. The number of allylic oxidation sites excluding steroid dienone is 3. The predicted octanol–water partition coefficient (Wildman–Crippen LogP) is 5.47. The SMILES string of the molecule is CCCCCC/C=C/CC/C=C/C(O)C(CS(=O)(=O)O)NC(=O)C(O)CCCCCCCCCC. The first-order valence-corrected chi connectivity index (χ1v) is 15.3. The molecule has 0 fully saturated rings. The molecule has 0 aliphatic heterocycles. The fourth-order valence-corrected chi connectivity index (χ4v) is 4.56. The van der Waals surface area contributed by atoms with Crippen molar-refractivity contribution in [2.75, 3.05) is 5.75 Å². The van der Waals surface area contributed by atoms with Gasteiger partial charge in [-0.3, -0.25) is 9.35 Å². The molecule has 35 heavy (non-hydrogen) atoms. The molecule has 0 saturated heterocycles. The van der Waals surface area contributed by atoms with E-state index in [1.165, 1.54) is 57.4 Å². The third-order valence-electron chi connectivity index (χ3n) is 5.99. The molecule has 0 spiro atoms. The number of carbonyl (C=O) groups excluding carboxylic acids is 1. The standard InChI is InChI=1S/C27H51NO6S/c1-3-5-7-9-11-13-14-16-17-19-21-25(29)24(23-35(32,33)34)28-27(31)26(30)22-20-18-15-12-10-8-6-4-2/h13-14,19,21,24-26,29-30H,3-12,15-18,20,22-23H2,1-2H3,(H,28,31)(H,32,33,34)/b14-13+,21-19+. The van der Waals surface area contributed by atoms with Crippen LogP contribution in [-0.4, -0.2) is 53.1 Å². The highest BCUT2D eigenvalue weighted by atomic mass is 32.2. The van der Waals surface area contributed by atoms with Crippen molar-refractivity contribution in [3.63, 3.8) is 0 Å². The Bertz CT molecular complexity index is 677. The van der Waals surface area contributed by atoms with Gasteiger partial charge in [-0.15, -0.1) is 0 Å². The summed E-state index contributed by atoms with van der Waals surface area (Å²) < 4.78 is 32.0. The summed E-state index contributed by atoms with van der Waals surface area (Å²) >= 11 is 0. The van der Waals surface area contributed by atoms with Gasteiger partial charge in [-0.1, -0.05) is 109 Å². The minimum atomic E-state index is -4.43. The Balaban J connectivity index is 4.43. The van der Waals surface area contributed by atoms with Crippen LogP contribution in [0.3, 0.4) is 0 Å². The lowest BCUT2D eigenvalue weighted by Gasteiger charge is -2.22. The van der Waals surface area contributed by atoms with E-state index in [1.54, 1.807) is 6.08 Å². The van der Waals surface area contributed by atoms with E-state index in [0.29, 0.717) is 12.8 Å². The van der Waals surface area contributed by atoms with E-state index in [0.717, 1.165) is 32.1 Å². The van der Waals surface area contributed by atoms with Crippen molar-refractivity contribution >= 4 is 16.0 Å². The number of unbranched alkanes of at least 4 members (excludes halogenated alkanes) is 12. The van der Waals surface area contributed by atoms with E-state index < -0.39 is 40.0 Å². The third kappa shape index (κ3) is 21.8. The number of nitrogens with one attached hydrogen (secondary N) is 1. The molecule has 206 valence electrons. The van der Waals surface area contributed by atoms with Gasteiger partial charge in [0.15, 0.2) is 0 Å². The van der Waals surface area contributed by atoms with Crippen LogP contribution in [0.15, 0.2) is 24.3 Å². The largest absolute Gasteiger partial charge is 0.387 e. The molecule has 3 unspecified atom stereocenters. The van der Waals surface area contributed by atoms with Gasteiger partial charge in [-0.05, 0) is 32.1 Å². The van der Waals surface area contributed by atoms with Gasteiger partial charge in [0.05, 0.1) is 17.9 Å². The first kappa shape index (κ1) is 33.8. The zero-order valence-corrected chi connectivity index (χ0v) is 22.9.